The molecule has 0 aliphatic carbocycles. The molecule has 2 saturated heterocycles. The molecule has 2 aromatic carbocycles. The molecule has 28 heavy (non-hydrogen) atoms. The summed E-state index contributed by atoms with van der Waals surface area (Å²) in [5.41, 5.74) is 1.70. The number of rotatable bonds is 3. The Labute approximate surface area is 186 Å². The van der Waals surface area contributed by atoms with E-state index in [0.29, 0.717) is 10.2 Å². The third kappa shape index (κ3) is 4.39. The highest BCUT2D eigenvalue weighted by Crippen LogP contribution is 2.41. The molecule has 4 rings (SSSR count). The summed E-state index contributed by atoms with van der Waals surface area (Å²) in [6, 6.07) is 14.7. The summed E-state index contributed by atoms with van der Waals surface area (Å²) in [6.45, 7) is 0. The van der Waals surface area contributed by atoms with Gasteiger partial charge in [-0.2, -0.15) is 4.99 Å². The Balaban J connectivity index is 1.63. The number of hydrogen-bond donors (Lipinski definition) is 0. The van der Waals surface area contributed by atoms with Crippen molar-refractivity contribution in [2.45, 2.75) is 17.7 Å². The highest BCUT2D eigenvalue weighted by atomic mass is 127. The van der Waals surface area contributed by atoms with Gasteiger partial charge in [-0.15, -0.1) is 0 Å². The number of sulfone groups is 1. The van der Waals surface area contributed by atoms with Crippen LogP contribution >= 0.6 is 46.0 Å². The Morgan fingerprint density at radius 2 is 1.96 bits per heavy atom. The molecule has 2 aromatic rings. The van der Waals surface area contributed by atoms with Crippen molar-refractivity contribution in [2.75, 3.05) is 16.4 Å². The first-order chi connectivity index (χ1) is 13.3. The zero-order chi connectivity index (χ0) is 19.9. The molecule has 0 bridgehead atoms. The van der Waals surface area contributed by atoms with Crippen LogP contribution in [0.25, 0.3) is 0 Å². The fraction of sp³-hybridized carbons (Fsp3) is 0.263. The Morgan fingerprint density at radius 3 is 2.68 bits per heavy atom. The van der Waals surface area contributed by atoms with Crippen molar-refractivity contribution in [2.24, 2.45) is 4.99 Å². The number of hydrogen-bond acceptors (Lipinski definition) is 4. The molecular formula is C19H16ClIN2O3S2. The second kappa shape index (κ2) is 7.97. The van der Waals surface area contributed by atoms with E-state index in [4.69, 9.17) is 11.6 Å². The van der Waals surface area contributed by atoms with Crippen molar-refractivity contribution >= 4 is 72.6 Å². The highest BCUT2D eigenvalue weighted by molar-refractivity contribution is 14.1. The maximum Gasteiger partial charge on any atom is 0.252 e. The number of amidine groups is 1. The number of amides is 1. The number of fused-ring (bicyclic) bond motifs is 1. The van der Waals surface area contributed by atoms with Gasteiger partial charge in [-0.05, 0) is 58.5 Å². The normalized spacial score (nSPS) is 24.5. The second-order valence-corrected chi connectivity index (χ2v) is 11.8. The standard InChI is InChI=1S/C19H16ClIN2O3S2/c20-13-6-4-12(5-7-13)8-18(24)22-19-23(15-3-1-2-14(21)9-15)16-10-28(25,26)11-17(16)27-19/h1-7,9,16-17H,8,10-11H2/t16-,17-/m1/s1. The van der Waals surface area contributed by atoms with E-state index in [2.05, 4.69) is 27.6 Å². The molecule has 2 fully saturated rings. The molecule has 0 radical (unpaired) electrons. The van der Waals surface area contributed by atoms with E-state index >= 15 is 0 Å². The zero-order valence-corrected chi connectivity index (χ0v) is 19.1. The van der Waals surface area contributed by atoms with Crippen molar-refractivity contribution < 1.29 is 13.2 Å². The topological polar surface area (TPSA) is 66.8 Å². The van der Waals surface area contributed by atoms with Gasteiger partial charge in [0.2, 0.25) is 0 Å². The molecule has 146 valence electrons. The van der Waals surface area contributed by atoms with Crippen LogP contribution in [0.3, 0.4) is 0 Å². The minimum atomic E-state index is -3.08. The first-order valence-corrected chi connectivity index (χ1v) is 12.7. The van der Waals surface area contributed by atoms with Crippen LogP contribution < -0.4 is 4.90 Å². The highest BCUT2D eigenvalue weighted by Gasteiger charge is 2.49. The lowest BCUT2D eigenvalue weighted by molar-refractivity contribution is -0.117. The van der Waals surface area contributed by atoms with Gasteiger partial charge < -0.3 is 4.90 Å². The zero-order valence-electron chi connectivity index (χ0n) is 14.6. The average Bonchev–Trinajstić information content (AvgIpc) is 3.07. The molecule has 0 spiro atoms. The van der Waals surface area contributed by atoms with Crippen LogP contribution in [0.5, 0.6) is 0 Å². The van der Waals surface area contributed by atoms with Crippen LogP contribution in [-0.4, -0.2) is 42.3 Å². The Bertz CT molecular complexity index is 1060. The minimum absolute atomic E-state index is 0.0839. The van der Waals surface area contributed by atoms with Gasteiger partial charge >= 0.3 is 0 Å². The van der Waals surface area contributed by atoms with E-state index in [-0.39, 0.29) is 35.1 Å². The fourth-order valence-corrected chi connectivity index (χ4v) is 8.00. The predicted octanol–water partition coefficient (Wildman–Crippen LogP) is 3.79. The number of thioether (sulfide) groups is 1. The number of aliphatic imine (C=N–C) groups is 1. The van der Waals surface area contributed by atoms with Gasteiger partial charge in [-0.25, -0.2) is 8.42 Å². The average molecular weight is 547 g/mol. The summed E-state index contributed by atoms with van der Waals surface area (Å²) in [4.78, 5) is 18.8. The van der Waals surface area contributed by atoms with Crippen molar-refractivity contribution in [1.29, 1.82) is 0 Å². The van der Waals surface area contributed by atoms with E-state index in [9.17, 15) is 13.2 Å². The molecule has 1 amide bonds. The van der Waals surface area contributed by atoms with E-state index in [1.54, 1.807) is 24.3 Å². The third-order valence-electron chi connectivity index (χ3n) is 4.64. The van der Waals surface area contributed by atoms with Crippen LogP contribution in [0, 0.1) is 3.57 Å². The number of carbonyl (C=O) groups is 1. The molecule has 2 atom stereocenters. The molecule has 0 saturated carbocycles. The maximum absolute atomic E-state index is 12.6. The van der Waals surface area contributed by atoms with Gasteiger partial charge in [0.1, 0.15) is 0 Å². The summed E-state index contributed by atoms with van der Waals surface area (Å²) in [5.74, 6) is -0.0588. The fourth-order valence-electron chi connectivity index (χ4n) is 3.42. The molecular weight excluding hydrogens is 531 g/mol. The van der Waals surface area contributed by atoms with Crippen molar-refractivity contribution in [3.63, 3.8) is 0 Å². The summed E-state index contributed by atoms with van der Waals surface area (Å²) in [6.07, 6.45) is 0.176. The molecule has 9 heteroatoms. The first kappa shape index (κ1) is 20.2. The summed E-state index contributed by atoms with van der Waals surface area (Å²) in [7, 11) is -3.08. The first-order valence-electron chi connectivity index (χ1n) is 8.58. The molecule has 2 aliphatic heterocycles. The summed E-state index contributed by atoms with van der Waals surface area (Å²) >= 11 is 9.50. The lowest BCUT2D eigenvalue weighted by Crippen LogP contribution is -2.37. The van der Waals surface area contributed by atoms with E-state index < -0.39 is 9.84 Å². The van der Waals surface area contributed by atoms with E-state index in [1.165, 1.54) is 11.8 Å². The van der Waals surface area contributed by atoms with Gasteiger partial charge in [-0.1, -0.05) is 41.6 Å². The maximum atomic E-state index is 12.6. The van der Waals surface area contributed by atoms with E-state index in [0.717, 1.165) is 14.8 Å². The lowest BCUT2D eigenvalue weighted by Gasteiger charge is -2.24. The van der Waals surface area contributed by atoms with E-state index in [1.807, 2.05) is 29.2 Å². The quantitative estimate of drug-likeness (QED) is 0.548. The van der Waals surface area contributed by atoms with Crippen LogP contribution in [0.2, 0.25) is 5.02 Å². The lowest BCUT2D eigenvalue weighted by atomic mass is 10.1. The molecule has 2 aliphatic rings. The molecule has 5 nitrogen and oxygen atoms in total. The molecule has 0 aromatic heterocycles. The van der Waals surface area contributed by atoms with Gasteiger partial charge in [-0.3, -0.25) is 4.79 Å². The summed E-state index contributed by atoms with van der Waals surface area (Å²) < 4.78 is 25.3. The molecule has 0 N–H and O–H groups in total. The third-order valence-corrected chi connectivity index (χ3v) is 8.77. The van der Waals surface area contributed by atoms with Gasteiger partial charge in [0.15, 0.2) is 15.0 Å². The molecule has 2 heterocycles. The Kier molecular flexibility index (Phi) is 5.74. The number of benzene rings is 2. The predicted molar refractivity (Wildman–Crippen MR) is 123 cm³/mol. The Morgan fingerprint density at radius 1 is 1.21 bits per heavy atom. The summed E-state index contributed by atoms with van der Waals surface area (Å²) in [5, 5.41) is 1.09. The SMILES string of the molecule is O=C(Cc1ccc(Cl)cc1)N=C1S[C@@H]2CS(=O)(=O)C[C@H]2N1c1cccc(I)c1. The number of nitrogens with zero attached hydrogens (tertiary/aromatic N) is 2. The van der Waals surface area contributed by atoms with Crippen molar-refractivity contribution in [3.8, 4) is 0 Å². The smallest absolute Gasteiger partial charge is 0.252 e. The van der Waals surface area contributed by atoms with Crippen molar-refractivity contribution in [1.82, 2.24) is 0 Å². The van der Waals surface area contributed by atoms with Gasteiger partial charge in [0.25, 0.3) is 5.91 Å². The van der Waals surface area contributed by atoms with Gasteiger partial charge in [0, 0.05) is 19.5 Å². The largest absolute Gasteiger partial charge is 0.316 e. The number of carbonyl (C=O) groups excluding carboxylic acids is 1. The van der Waals surface area contributed by atoms with Gasteiger partial charge in [0.05, 0.1) is 24.0 Å². The molecule has 0 unspecified atom stereocenters. The second-order valence-electron chi connectivity index (χ2n) is 6.74. The van der Waals surface area contributed by atoms with Crippen LogP contribution in [0.15, 0.2) is 53.5 Å². The Hall–Kier alpha value is -1.10. The minimum Gasteiger partial charge on any atom is -0.316 e. The number of anilines is 1. The monoisotopic (exact) mass is 546 g/mol. The van der Waals surface area contributed by atoms with Crippen molar-refractivity contribution in [3.05, 3.63) is 62.7 Å². The van der Waals surface area contributed by atoms with Crippen LogP contribution in [0.1, 0.15) is 5.56 Å². The van der Waals surface area contributed by atoms with Crippen LogP contribution in [-0.2, 0) is 21.1 Å². The van der Waals surface area contributed by atoms with Crippen LogP contribution in [0.4, 0.5) is 5.69 Å². The number of halogens is 2.